The molecule has 2 aliphatic heterocycles. The first-order chi connectivity index (χ1) is 15.7. The van der Waals surface area contributed by atoms with Crippen LogP contribution in [0.15, 0.2) is 24.5 Å². The number of carbonyl (C=O) groups excluding carboxylic acids is 1. The standard InChI is InChI=1S/C15H21N3O2.2C2HF3O2/c1-2-20-14-9-13-10-18(8-7-17(13)11-14)15(19)12-3-5-16-6-4-12;2*3-2(4,5)1(6)7/h3-6,13-14H,2,7-11H2,1H3;2*(H,6,7)/t13-,14+;;/m0../s1. The second-order valence-corrected chi connectivity index (χ2v) is 7.05. The second-order valence-electron chi connectivity index (χ2n) is 7.05. The number of hydrogen-bond donors (Lipinski definition) is 2. The number of amides is 1. The molecule has 0 bridgehead atoms. The Hall–Kier alpha value is -2.94. The molecular weight excluding hydrogens is 480 g/mol. The van der Waals surface area contributed by atoms with E-state index >= 15 is 0 Å². The van der Waals surface area contributed by atoms with Crippen LogP contribution >= 0.6 is 0 Å². The summed E-state index contributed by atoms with van der Waals surface area (Å²) in [5.41, 5.74) is 0.729. The van der Waals surface area contributed by atoms with Gasteiger partial charge in [-0.05, 0) is 25.5 Å². The van der Waals surface area contributed by atoms with Crippen molar-refractivity contribution < 1.29 is 55.7 Å². The quantitative estimate of drug-likeness (QED) is 0.603. The Balaban J connectivity index is 0.000000343. The minimum absolute atomic E-state index is 0.118. The molecule has 15 heteroatoms. The van der Waals surface area contributed by atoms with Crippen molar-refractivity contribution in [1.82, 2.24) is 14.8 Å². The van der Waals surface area contributed by atoms with E-state index in [0.29, 0.717) is 12.1 Å². The molecule has 0 aromatic carbocycles. The summed E-state index contributed by atoms with van der Waals surface area (Å²) >= 11 is 0. The Kier molecular flexibility index (Phi) is 10.7. The molecule has 2 fully saturated rings. The van der Waals surface area contributed by atoms with Gasteiger partial charge in [-0.25, -0.2) is 9.59 Å². The summed E-state index contributed by atoms with van der Waals surface area (Å²) in [6.45, 7) is 6.38. The number of fused-ring (bicyclic) bond motifs is 1. The molecule has 1 amide bonds. The molecule has 2 saturated heterocycles. The van der Waals surface area contributed by atoms with Crippen LogP contribution in [0.5, 0.6) is 0 Å². The van der Waals surface area contributed by atoms with Crippen LogP contribution in [-0.2, 0) is 14.3 Å². The minimum Gasteiger partial charge on any atom is -0.475 e. The Morgan fingerprint density at radius 1 is 1.00 bits per heavy atom. The molecule has 1 aromatic heterocycles. The van der Waals surface area contributed by atoms with Crippen LogP contribution in [0.25, 0.3) is 0 Å². The Morgan fingerprint density at radius 2 is 1.50 bits per heavy atom. The summed E-state index contributed by atoms with van der Waals surface area (Å²) in [6.07, 6.45) is -5.46. The van der Waals surface area contributed by atoms with Crippen molar-refractivity contribution in [1.29, 1.82) is 0 Å². The number of ether oxygens (including phenoxy) is 1. The second kappa shape index (κ2) is 12.5. The Labute approximate surface area is 189 Å². The van der Waals surface area contributed by atoms with Crippen LogP contribution in [-0.4, -0.2) is 100 Å². The number of carboxylic acid groups (broad SMARTS) is 2. The predicted molar refractivity (Wildman–Crippen MR) is 103 cm³/mol. The zero-order chi connectivity index (χ0) is 26.1. The summed E-state index contributed by atoms with van der Waals surface area (Å²) in [4.78, 5) is 38.6. The maximum atomic E-state index is 12.4. The SMILES string of the molecule is CCO[C@@H]1C[C@H]2CN(C(=O)c3ccncc3)CCN2C1.O=C(O)C(F)(F)F.O=C(O)C(F)(F)F. The molecule has 3 heterocycles. The zero-order valence-corrected chi connectivity index (χ0v) is 17.8. The number of piperazine rings is 1. The summed E-state index contributed by atoms with van der Waals surface area (Å²) in [5, 5.41) is 14.2. The van der Waals surface area contributed by atoms with Gasteiger partial charge in [0.2, 0.25) is 0 Å². The fourth-order valence-corrected chi connectivity index (χ4v) is 3.21. The van der Waals surface area contributed by atoms with E-state index in [4.69, 9.17) is 24.5 Å². The highest BCUT2D eigenvalue weighted by molar-refractivity contribution is 5.94. The zero-order valence-electron chi connectivity index (χ0n) is 17.8. The summed E-state index contributed by atoms with van der Waals surface area (Å²) in [6, 6.07) is 4.02. The van der Waals surface area contributed by atoms with E-state index in [1.807, 2.05) is 11.8 Å². The maximum absolute atomic E-state index is 12.4. The largest absolute Gasteiger partial charge is 0.490 e. The van der Waals surface area contributed by atoms with Gasteiger partial charge in [0.05, 0.1) is 6.10 Å². The van der Waals surface area contributed by atoms with Crippen molar-refractivity contribution in [3.8, 4) is 0 Å². The molecule has 0 unspecified atom stereocenters. The number of hydrogen-bond acceptors (Lipinski definition) is 6. The van der Waals surface area contributed by atoms with Crippen LogP contribution in [0, 0.1) is 0 Å². The van der Waals surface area contributed by atoms with Gasteiger partial charge in [0.25, 0.3) is 5.91 Å². The first-order valence-corrected chi connectivity index (χ1v) is 9.82. The maximum Gasteiger partial charge on any atom is 0.490 e. The lowest BCUT2D eigenvalue weighted by molar-refractivity contribution is -0.193. The number of aromatic nitrogens is 1. The third-order valence-electron chi connectivity index (χ3n) is 4.68. The molecular formula is C19H23F6N3O6. The van der Waals surface area contributed by atoms with Gasteiger partial charge in [-0.2, -0.15) is 26.3 Å². The van der Waals surface area contributed by atoms with Gasteiger partial charge in [0, 0.05) is 56.8 Å². The fraction of sp³-hybridized carbons (Fsp3) is 0.579. The van der Waals surface area contributed by atoms with Crippen LogP contribution in [0.3, 0.4) is 0 Å². The topological polar surface area (TPSA) is 120 Å². The molecule has 2 aliphatic rings. The van der Waals surface area contributed by atoms with Crippen LogP contribution < -0.4 is 0 Å². The van der Waals surface area contributed by atoms with Crippen LogP contribution in [0.1, 0.15) is 23.7 Å². The average molecular weight is 503 g/mol. The van der Waals surface area contributed by atoms with E-state index in [2.05, 4.69) is 9.88 Å². The van der Waals surface area contributed by atoms with E-state index in [0.717, 1.165) is 44.8 Å². The number of halogens is 6. The first kappa shape index (κ1) is 29.1. The molecule has 9 nitrogen and oxygen atoms in total. The van der Waals surface area contributed by atoms with Crippen molar-refractivity contribution in [3.63, 3.8) is 0 Å². The van der Waals surface area contributed by atoms with Crippen molar-refractivity contribution in [2.45, 2.75) is 37.8 Å². The number of nitrogens with zero attached hydrogens (tertiary/aromatic N) is 3. The van der Waals surface area contributed by atoms with Crippen molar-refractivity contribution in [2.24, 2.45) is 0 Å². The molecule has 34 heavy (non-hydrogen) atoms. The normalized spacial score (nSPS) is 20.3. The smallest absolute Gasteiger partial charge is 0.475 e. The molecule has 3 rings (SSSR count). The molecule has 2 N–H and O–H groups in total. The van der Waals surface area contributed by atoms with Gasteiger partial charge in [0.15, 0.2) is 0 Å². The lowest BCUT2D eigenvalue weighted by Gasteiger charge is -2.37. The fourth-order valence-electron chi connectivity index (χ4n) is 3.21. The summed E-state index contributed by atoms with van der Waals surface area (Å²) in [5.74, 6) is -5.40. The van der Waals surface area contributed by atoms with Crippen molar-refractivity contribution in [3.05, 3.63) is 30.1 Å². The van der Waals surface area contributed by atoms with Crippen molar-refractivity contribution in [2.75, 3.05) is 32.8 Å². The highest BCUT2D eigenvalue weighted by atomic mass is 19.4. The van der Waals surface area contributed by atoms with E-state index in [1.165, 1.54) is 0 Å². The summed E-state index contributed by atoms with van der Waals surface area (Å²) < 4.78 is 69.2. The summed E-state index contributed by atoms with van der Waals surface area (Å²) in [7, 11) is 0. The molecule has 0 spiro atoms. The lowest BCUT2D eigenvalue weighted by atomic mass is 10.1. The van der Waals surface area contributed by atoms with Crippen LogP contribution in [0.2, 0.25) is 0 Å². The van der Waals surface area contributed by atoms with E-state index in [-0.39, 0.29) is 5.91 Å². The van der Waals surface area contributed by atoms with E-state index in [1.54, 1.807) is 24.5 Å². The van der Waals surface area contributed by atoms with E-state index in [9.17, 15) is 31.1 Å². The Bertz CT molecular complexity index is 797. The third-order valence-corrected chi connectivity index (χ3v) is 4.68. The average Bonchev–Trinajstić information content (AvgIpc) is 3.15. The molecule has 0 radical (unpaired) electrons. The number of aliphatic carboxylic acids is 2. The number of alkyl halides is 6. The Morgan fingerprint density at radius 3 is 1.94 bits per heavy atom. The number of carbonyl (C=O) groups is 3. The van der Waals surface area contributed by atoms with Gasteiger partial charge >= 0.3 is 24.3 Å². The van der Waals surface area contributed by atoms with Crippen molar-refractivity contribution >= 4 is 17.8 Å². The van der Waals surface area contributed by atoms with Gasteiger partial charge in [0.1, 0.15) is 0 Å². The van der Waals surface area contributed by atoms with Gasteiger partial charge < -0.3 is 19.8 Å². The lowest BCUT2D eigenvalue weighted by Crippen LogP contribution is -2.52. The highest BCUT2D eigenvalue weighted by Gasteiger charge is 2.39. The van der Waals surface area contributed by atoms with Crippen LogP contribution in [0.4, 0.5) is 26.3 Å². The minimum atomic E-state index is -5.08. The van der Waals surface area contributed by atoms with Gasteiger partial charge in [-0.1, -0.05) is 0 Å². The first-order valence-electron chi connectivity index (χ1n) is 9.82. The van der Waals surface area contributed by atoms with Gasteiger partial charge in [-0.3, -0.25) is 14.7 Å². The number of carboxylic acids is 2. The molecule has 2 atom stereocenters. The van der Waals surface area contributed by atoms with E-state index < -0.39 is 24.3 Å². The molecule has 192 valence electrons. The predicted octanol–water partition coefficient (Wildman–Crippen LogP) is 2.28. The molecule has 0 saturated carbocycles. The monoisotopic (exact) mass is 503 g/mol. The third kappa shape index (κ3) is 9.51. The highest BCUT2D eigenvalue weighted by Crippen LogP contribution is 2.24. The number of rotatable bonds is 3. The number of pyridine rings is 1. The van der Waals surface area contributed by atoms with Gasteiger partial charge in [-0.15, -0.1) is 0 Å². The molecule has 1 aromatic rings. The molecule has 0 aliphatic carbocycles.